The number of imidazole rings is 1. The zero-order valence-electron chi connectivity index (χ0n) is 24.6. The molecular weight excluding hydrogens is 566 g/mol. The van der Waals surface area contributed by atoms with Gasteiger partial charge in [-0.2, -0.15) is 0 Å². The van der Waals surface area contributed by atoms with Crippen LogP contribution >= 0.6 is 0 Å². The lowest BCUT2D eigenvalue weighted by Crippen LogP contribution is -2.00. The SMILES string of the molecule is c1ccc(-c2nc(-c3cccc(-c4ccc(-c5cn6ccccc6n5)cc4)c3)nc(-c3ccc4c(c3)oc3ccccc34)n2)cc1. The number of para-hydroxylation sites is 1. The van der Waals surface area contributed by atoms with E-state index in [1.54, 1.807) is 0 Å². The van der Waals surface area contributed by atoms with Gasteiger partial charge in [0.2, 0.25) is 0 Å². The van der Waals surface area contributed by atoms with Gasteiger partial charge < -0.3 is 8.82 Å². The molecule has 216 valence electrons. The van der Waals surface area contributed by atoms with Crippen molar-refractivity contribution in [1.29, 1.82) is 0 Å². The topological polar surface area (TPSA) is 69.1 Å². The molecule has 4 heterocycles. The molecule has 0 saturated heterocycles. The van der Waals surface area contributed by atoms with Gasteiger partial charge in [0.05, 0.1) is 5.69 Å². The van der Waals surface area contributed by atoms with E-state index in [2.05, 4.69) is 60.8 Å². The zero-order valence-corrected chi connectivity index (χ0v) is 24.6. The van der Waals surface area contributed by atoms with Crippen molar-refractivity contribution in [2.75, 3.05) is 0 Å². The fourth-order valence-corrected chi connectivity index (χ4v) is 5.96. The number of hydrogen-bond acceptors (Lipinski definition) is 5. The Morgan fingerprint density at radius 2 is 1.04 bits per heavy atom. The summed E-state index contributed by atoms with van der Waals surface area (Å²) in [5, 5.41) is 2.16. The summed E-state index contributed by atoms with van der Waals surface area (Å²) in [6.45, 7) is 0. The minimum atomic E-state index is 0.591. The van der Waals surface area contributed by atoms with E-state index in [0.29, 0.717) is 17.5 Å². The third-order valence-corrected chi connectivity index (χ3v) is 8.30. The monoisotopic (exact) mass is 591 g/mol. The molecule has 0 N–H and O–H groups in total. The summed E-state index contributed by atoms with van der Waals surface area (Å²) in [5.41, 5.74) is 9.48. The van der Waals surface area contributed by atoms with Crippen molar-refractivity contribution >= 4 is 27.6 Å². The lowest BCUT2D eigenvalue weighted by atomic mass is 10.0. The molecule has 0 aliphatic carbocycles. The Morgan fingerprint density at radius 3 is 1.87 bits per heavy atom. The van der Waals surface area contributed by atoms with Gasteiger partial charge in [-0.25, -0.2) is 19.9 Å². The highest BCUT2D eigenvalue weighted by Crippen LogP contribution is 2.33. The van der Waals surface area contributed by atoms with E-state index < -0.39 is 0 Å². The zero-order chi connectivity index (χ0) is 30.5. The van der Waals surface area contributed by atoms with E-state index in [1.165, 1.54) is 0 Å². The van der Waals surface area contributed by atoms with E-state index >= 15 is 0 Å². The van der Waals surface area contributed by atoms with Crippen molar-refractivity contribution in [2.45, 2.75) is 0 Å². The van der Waals surface area contributed by atoms with Crippen molar-refractivity contribution in [3.05, 3.63) is 152 Å². The van der Waals surface area contributed by atoms with Crippen LogP contribution in [0.15, 0.2) is 156 Å². The molecule has 4 aromatic heterocycles. The molecule has 0 aliphatic rings. The van der Waals surface area contributed by atoms with Gasteiger partial charge in [-0.15, -0.1) is 0 Å². The van der Waals surface area contributed by atoms with Crippen LogP contribution in [-0.4, -0.2) is 24.3 Å². The fraction of sp³-hybridized carbons (Fsp3) is 0. The quantitative estimate of drug-likeness (QED) is 0.199. The Labute approximate surface area is 264 Å². The molecule has 6 nitrogen and oxygen atoms in total. The fourth-order valence-electron chi connectivity index (χ4n) is 5.96. The first kappa shape index (κ1) is 26.0. The Balaban J connectivity index is 1.11. The highest BCUT2D eigenvalue weighted by Gasteiger charge is 2.15. The third kappa shape index (κ3) is 4.60. The van der Waals surface area contributed by atoms with Gasteiger partial charge in [-0.1, -0.05) is 103 Å². The maximum Gasteiger partial charge on any atom is 0.164 e. The normalized spacial score (nSPS) is 11.5. The Kier molecular flexibility index (Phi) is 6.03. The molecule has 46 heavy (non-hydrogen) atoms. The summed E-state index contributed by atoms with van der Waals surface area (Å²) in [6.07, 6.45) is 4.07. The molecule has 6 heteroatoms. The van der Waals surface area contributed by atoms with Crippen LogP contribution in [0, 0.1) is 0 Å². The third-order valence-electron chi connectivity index (χ3n) is 8.30. The number of aromatic nitrogens is 5. The first-order valence-electron chi connectivity index (χ1n) is 15.1. The molecule has 0 radical (unpaired) electrons. The molecule has 0 saturated carbocycles. The van der Waals surface area contributed by atoms with Gasteiger partial charge in [-0.05, 0) is 47.5 Å². The second-order valence-electron chi connectivity index (χ2n) is 11.2. The largest absolute Gasteiger partial charge is 0.456 e. The lowest BCUT2D eigenvalue weighted by Gasteiger charge is -2.10. The van der Waals surface area contributed by atoms with Gasteiger partial charge in [0, 0.05) is 45.4 Å². The highest BCUT2D eigenvalue weighted by atomic mass is 16.3. The Bertz CT molecular complexity index is 2500. The number of furan rings is 1. The molecule has 5 aromatic carbocycles. The maximum absolute atomic E-state index is 6.18. The molecule has 0 fully saturated rings. The second-order valence-corrected chi connectivity index (χ2v) is 11.2. The van der Waals surface area contributed by atoms with Crippen LogP contribution in [0.2, 0.25) is 0 Å². The standard InChI is InChI=1S/C40H25N5O/c1-2-9-28(10-3-1)38-42-39(44-40(43-38)31-20-21-33-32-13-4-5-14-35(32)46-36(33)24-31)30-12-8-11-29(23-30)26-16-18-27(19-17-26)34-25-45-22-7-6-15-37(45)41-34/h1-25H. The van der Waals surface area contributed by atoms with Crippen LogP contribution in [0.25, 0.3) is 84.1 Å². The summed E-state index contributed by atoms with van der Waals surface area (Å²) in [6, 6.07) is 47.1. The Morgan fingerprint density at radius 1 is 0.413 bits per heavy atom. The van der Waals surface area contributed by atoms with Crippen LogP contribution in [-0.2, 0) is 0 Å². The molecule has 0 aliphatic heterocycles. The van der Waals surface area contributed by atoms with Crippen LogP contribution in [0.3, 0.4) is 0 Å². The van der Waals surface area contributed by atoms with Crippen molar-refractivity contribution in [1.82, 2.24) is 24.3 Å². The van der Waals surface area contributed by atoms with Crippen LogP contribution in [0.5, 0.6) is 0 Å². The second kappa shape index (κ2) is 10.6. The first-order chi connectivity index (χ1) is 22.7. The molecule has 0 amide bonds. The van der Waals surface area contributed by atoms with Crippen molar-refractivity contribution in [3.8, 4) is 56.5 Å². The van der Waals surface area contributed by atoms with E-state index in [9.17, 15) is 0 Å². The summed E-state index contributed by atoms with van der Waals surface area (Å²) in [7, 11) is 0. The maximum atomic E-state index is 6.18. The number of benzene rings is 5. The van der Waals surface area contributed by atoms with Gasteiger partial charge in [-0.3, -0.25) is 0 Å². The average Bonchev–Trinajstić information content (AvgIpc) is 3.73. The molecule has 0 atom stereocenters. The summed E-state index contributed by atoms with van der Waals surface area (Å²) in [5.74, 6) is 1.82. The summed E-state index contributed by atoms with van der Waals surface area (Å²) in [4.78, 5) is 19.6. The van der Waals surface area contributed by atoms with Crippen LogP contribution in [0.4, 0.5) is 0 Å². The lowest BCUT2D eigenvalue weighted by molar-refractivity contribution is 0.669. The number of fused-ring (bicyclic) bond motifs is 4. The van der Waals surface area contributed by atoms with Gasteiger partial charge in [0.25, 0.3) is 0 Å². The highest BCUT2D eigenvalue weighted by molar-refractivity contribution is 6.05. The predicted molar refractivity (Wildman–Crippen MR) is 183 cm³/mol. The first-order valence-corrected chi connectivity index (χ1v) is 15.1. The average molecular weight is 592 g/mol. The molecular formula is C40H25N5O. The number of pyridine rings is 1. The molecule has 0 unspecified atom stereocenters. The number of hydrogen-bond donors (Lipinski definition) is 0. The van der Waals surface area contributed by atoms with Gasteiger partial charge in [0.15, 0.2) is 17.5 Å². The van der Waals surface area contributed by atoms with E-state index in [1.807, 2.05) is 95.5 Å². The number of nitrogens with zero attached hydrogens (tertiary/aromatic N) is 5. The minimum Gasteiger partial charge on any atom is -0.456 e. The van der Waals surface area contributed by atoms with Gasteiger partial charge in [0.1, 0.15) is 16.8 Å². The molecule has 9 rings (SSSR count). The van der Waals surface area contributed by atoms with Crippen molar-refractivity contribution in [3.63, 3.8) is 0 Å². The summed E-state index contributed by atoms with van der Waals surface area (Å²) >= 11 is 0. The van der Waals surface area contributed by atoms with Crippen LogP contribution < -0.4 is 0 Å². The van der Waals surface area contributed by atoms with Crippen molar-refractivity contribution in [2.24, 2.45) is 0 Å². The van der Waals surface area contributed by atoms with E-state index in [-0.39, 0.29) is 0 Å². The minimum absolute atomic E-state index is 0.591. The molecule has 9 aromatic rings. The Hall–Kier alpha value is -6.40. The smallest absolute Gasteiger partial charge is 0.164 e. The van der Waals surface area contributed by atoms with Crippen molar-refractivity contribution < 1.29 is 4.42 Å². The molecule has 0 bridgehead atoms. The molecule has 0 spiro atoms. The number of rotatable bonds is 5. The van der Waals surface area contributed by atoms with Gasteiger partial charge >= 0.3 is 0 Å². The van der Waals surface area contributed by atoms with E-state index in [4.69, 9.17) is 24.4 Å². The van der Waals surface area contributed by atoms with E-state index in [0.717, 1.165) is 66.7 Å². The summed E-state index contributed by atoms with van der Waals surface area (Å²) < 4.78 is 8.22. The van der Waals surface area contributed by atoms with Crippen LogP contribution in [0.1, 0.15) is 0 Å². The predicted octanol–water partition coefficient (Wildman–Crippen LogP) is 9.75.